The number of hydrogen-bond acceptors (Lipinski definition) is 3. The molecular weight excluding hydrogens is 236 g/mol. The summed E-state index contributed by atoms with van der Waals surface area (Å²) in [6.45, 7) is 7.86. The molecule has 3 heteroatoms. The fourth-order valence-electron chi connectivity index (χ4n) is 1.98. The van der Waals surface area contributed by atoms with Gasteiger partial charge in [-0.1, -0.05) is 32.0 Å². The lowest BCUT2D eigenvalue weighted by Crippen LogP contribution is -2.31. The predicted molar refractivity (Wildman–Crippen MR) is 80.5 cm³/mol. The van der Waals surface area contributed by atoms with Crippen LogP contribution in [0.25, 0.3) is 10.9 Å². The Hall–Kier alpha value is -1.61. The fourth-order valence-corrected chi connectivity index (χ4v) is 1.98. The maximum atomic E-state index is 5.53. The van der Waals surface area contributed by atoms with E-state index in [1.165, 1.54) is 5.39 Å². The van der Waals surface area contributed by atoms with Gasteiger partial charge in [0.2, 0.25) is 0 Å². The molecule has 3 nitrogen and oxygen atoms in total. The van der Waals surface area contributed by atoms with Gasteiger partial charge in [0.15, 0.2) is 0 Å². The first-order chi connectivity index (χ1) is 9.20. The molecule has 0 spiro atoms. The van der Waals surface area contributed by atoms with E-state index in [0.29, 0.717) is 12.5 Å². The highest BCUT2D eigenvalue weighted by Crippen LogP contribution is 2.17. The second kappa shape index (κ2) is 6.53. The Balaban J connectivity index is 2.14. The topological polar surface area (TPSA) is 34.1 Å². The van der Waals surface area contributed by atoms with Crippen LogP contribution in [0, 0.1) is 5.92 Å². The van der Waals surface area contributed by atoms with Crippen molar-refractivity contribution in [2.75, 3.05) is 18.5 Å². The summed E-state index contributed by atoms with van der Waals surface area (Å²) in [4.78, 5) is 4.64. The van der Waals surface area contributed by atoms with Gasteiger partial charge in [-0.3, -0.25) is 0 Å². The summed E-state index contributed by atoms with van der Waals surface area (Å²) in [5.41, 5.74) is 1.02. The van der Waals surface area contributed by atoms with Gasteiger partial charge >= 0.3 is 0 Å². The van der Waals surface area contributed by atoms with E-state index in [2.05, 4.69) is 36.3 Å². The highest BCUT2D eigenvalue weighted by atomic mass is 16.5. The van der Waals surface area contributed by atoms with E-state index in [1.807, 2.05) is 31.2 Å². The van der Waals surface area contributed by atoms with Crippen molar-refractivity contribution in [2.24, 2.45) is 5.92 Å². The van der Waals surface area contributed by atoms with Crippen molar-refractivity contribution in [3.8, 4) is 0 Å². The highest BCUT2D eigenvalue weighted by Gasteiger charge is 2.13. The monoisotopic (exact) mass is 258 g/mol. The Kier molecular flexibility index (Phi) is 4.74. The number of nitrogens with zero attached hydrogens (tertiary/aromatic N) is 1. The van der Waals surface area contributed by atoms with E-state index in [9.17, 15) is 0 Å². The molecule has 1 heterocycles. The minimum absolute atomic E-state index is 0.286. The molecular formula is C16H22N2O. The molecule has 2 aromatic rings. The third-order valence-corrected chi connectivity index (χ3v) is 3.24. The number of aromatic nitrogens is 1. The van der Waals surface area contributed by atoms with Gasteiger partial charge in [0, 0.05) is 12.0 Å². The Morgan fingerprint density at radius 2 is 1.95 bits per heavy atom. The Morgan fingerprint density at radius 3 is 2.68 bits per heavy atom. The molecule has 0 saturated heterocycles. The Labute approximate surface area is 115 Å². The van der Waals surface area contributed by atoms with E-state index in [1.54, 1.807) is 0 Å². The number of pyridine rings is 1. The van der Waals surface area contributed by atoms with Crippen LogP contribution in [0.3, 0.4) is 0 Å². The molecule has 1 aromatic carbocycles. The van der Waals surface area contributed by atoms with Crippen molar-refractivity contribution in [2.45, 2.75) is 26.8 Å². The van der Waals surface area contributed by atoms with Gasteiger partial charge in [0.1, 0.15) is 5.82 Å². The molecule has 0 saturated carbocycles. The van der Waals surface area contributed by atoms with Crippen LogP contribution < -0.4 is 5.32 Å². The molecule has 19 heavy (non-hydrogen) atoms. The average Bonchev–Trinajstić information content (AvgIpc) is 2.43. The number of hydrogen-bond donors (Lipinski definition) is 1. The highest BCUT2D eigenvalue weighted by molar-refractivity contribution is 5.80. The zero-order valence-electron chi connectivity index (χ0n) is 11.9. The molecule has 2 rings (SSSR count). The number of rotatable bonds is 6. The molecule has 0 bridgehead atoms. The number of benzene rings is 1. The van der Waals surface area contributed by atoms with Crippen LogP contribution in [-0.2, 0) is 4.74 Å². The molecule has 0 radical (unpaired) electrons. The fraction of sp³-hybridized carbons (Fsp3) is 0.438. The van der Waals surface area contributed by atoms with Crippen LogP contribution in [-0.4, -0.2) is 24.2 Å². The van der Waals surface area contributed by atoms with Gasteiger partial charge < -0.3 is 10.1 Å². The van der Waals surface area contributed by atoms with Gasteiger partial charge in [-0.25, -0.2) is 4.98 Å². The normalized spacial score (nSPS) is 12.8. The average molecular weight is 258 g/mol. The van der Waals surface area contributed by atoms with E-state index in [-0.39, 0.29) is 6.04 Å². The lowest BCUT2D eigenvalue weighted by atomic mass is 10.1. The molecule has 0 fully saturated rings. The summed E-state index contributed by atoms with van der Waals surface area (Å²) >= 11 is 0. The molecule has 102 valence electrons. The van der Waals surface area contributed by atoms with E-state index in [0.717, 1.165) is 17.9 Å². The quantitative estimate of drug-likeness (QED) is 0.857. The van der Waals surface area contributed by atoms with Crippen LogP contribution in [0.1, 0.15) is 20.8 Å². The lowest BCUT2D eigenvalue weighted by molar-refractivity contribution is 0.126. The third kappa shape index (κ3) is 3.67. The summed E-state index contributed by atoms with van der Waals surface area (Å²) in [6.07, 6.45) is 0. The van der Waals surface area contributed by atoms with Gasteiger partial charge in [0.25, 0.3) is 0 Å². The zero-order chi connectivity index (χ0) is 13.7. The largest absolute Gasteiger partial charge is 0.380 e. The molecule has 0 aliphatic carbocycles. The minimum Gasteiger partial charge on any atom is -0.380 e. The number of nitrogens with one attached hydrogen (secondary N) is 1. The van der Waals surface area contributed by atoms with Crippen LogP contribution in [0.2, 0.25) is 0 Å². The first-order valence-corrected chi connectivity index (χ1v) is 6.90. The first-order valence-electron chi connectivity index (χ1n) is 6.90. The number of fused-ring (bicyclic) bond motifs is 1. The summed E-state index contributed by atoms with van der Waals surface area (Å²) in [5, 5.41) is 4.63. The summed E-state index contributed by atoms with van der Waals surface area (Å²) in [5.74, 6) is 1.41. The van der Waals surface area contributed by atoms with Gasteiger partial charge in [-0.05, 0) is 31.0 Å². The standard InChI is InChI=1S/C16H22N2O/c1-4-19-11-15(12(2)3)18-16-10-9-13-7-5-6-8-14(13)17-16/h5-10,12,15H,4,11H2,1-3H3,(H,17,18). The third-order valence-electron chi connectivity index (χ3n) is 3.24. The van der Waals surface area contributed by atoms with Crippen molar-refractivity contribution >= 4 is 16.7 Å². The number of ether oxygens (including phenoxy) is 1. The smallest absolute Gasteiger partial charge is 0.126 e. The summed E-state index contributed by atoms with van der Waals surface area (Å²) in [6, 6.07) is 12.6. The SMILES string of the molecule is CCOCC(Nc1ccc2ccccc2n1)C(C)C. The van der Waals surface area contributed by atoms with E-state index in [4.69, 9.17) is 4.74 Å². The first kappa shape index (κ1) is 13.8. The molecule has 0 aliphatic heterocycles. The second-order valence-corrected chi connectivity index (χ2v) is 5.04. The van der Waals surface area contributed by atoms with E-state index >= 15 is 0 Å². The van der Waals surface area contributed by atoms with Crippen molar-refractivity contribution in [1.82, 2.24) is 4.98 Å². The Bertz CT molecular complexity index is 525. The van der Waals surface area contributed by atoms with Gasteiger partial charge in [-0.2, -0.15) is 0 Å². The zero-order valence-corrected chi connectivity index (χ0v) is 11.9. The van der Waals surface area contributed by atoms with Crippen molar-refractivity contribution in [3.63, 3.8) is 0 Å². The van der Waals surface area contributed by atoms with Gasteiger partial charge in [0.05, 0.1) is 18.2 Å². The van der Waals surface area contributed by atoms with Crippen molar-refractivity contribution < 1.29 is 4.74 Å². The minimum atomic E-state index is 0.286. The van der Waals surface area contributed by atoms with Crippen molar-refractivity contribution in [1.29, 1.82) is 0 Å². The second-order valence-electron chi connectivity index (χ2n) is 5.04. The summed E-state index contributed by atoms with van der Waals surface area (Å²) < 4.78 is 5.53. The van der Waals surface area contributed by atoms with Crippen LogP contribution in [0.5, 0.6) is 0 Å². The van der Waals surface area contributed by atoms with Crippen molar-refractivity contribution in [3.05, 3.63) is 36.4 Å². The van der Waals surface area contributed by atoms with Crippen LogP contribution >= 0.6 is 0 Å². The van der Waals surface area contributed by atoms with Crippen LogP contribution in [0.15, 0.2) is 36.4 Å². The Morgan fingerprint density at radius 1 is 1.16 bits per heavy atom. The molecule has 1 atom stereocenters. The van der Waals surface area contributed by atoms with Crippen LogP contribution in [0.4, 0.5) is 5.82 Å². The lowest BCUT2D eigenvalue weighted by Gasteiger charge is -2.22. The molecule has 1 aromatic heterocycles. The van der Waals surface area contributed by atoms with Gasteiger partial charge in [-0.15, -0.1) is 0 Å². The number of anilines is 1. The number of para-hydroxylation sites is 1. The molecule has 1 N–H and O–H groups in total. The summed E-state index contributed by atoms with van der Waals surface area (Å²) in [7, 11) is 0. The predicted octanol–water partition coefficient (Wildman–Crippen LogP) is 3.71. The maximum Gasteiger partial charge on any atom is 0.126 e. The molecule has 0 amide bonds. The van der Waals surface area contributed by atoms with E-state index < -0.39 is 0 Å². The molecule has 0 aliphatic rings. The maximum absolute atomic E-state index is 5.53. The molecule has 1 unspecified atom stereocenters.